The van der Waals surface area contributed by atoms with Crippen molar-refractivity contribution in [2.45, 2.75) is 96.9 Å². The number of hydrogen-bond donors (Lipinski definition) is 4. The van der Waals surface area contributed by atoms with E-state index < -0.39 is 30.2 Å². The molecule has 4 N–H and O–H groups in total. The third-order valence-corrected chi connectivity index (χ3v) is 7.63. The molecule has 51 heavy (non-hydrogen) atoms. The Labute approximate surface area is 301 Å². The number of ether oxygens (including phenoxy) is 5. The molecule has 0 spiro atoms. The molecule has 0 aliphatic carbocycles. The van der Waals surface area contributed by atoms with Gasteiger partial charge in [-0.1, -0.05) is 45.3 Å². The molecule has 16 heteroatoms. The number of piperidine rings is 1. The predicted molar refractivity (Wildman–Crippen MR) is 189 cm³/mol. The summed E-state index contributed by atoms with van der Waals surface area (Å²) in [6, 6.07) is -0.325. The van der Waals surface area contributed by atoms with Crippen LogP contribution in [0.5, 0.6) is 0 Å². The lowest BCUT2D eigenvalue weighted by Crippen LogP contribution is -2.51. The SMILES string of the molecule is C=C(C)C(=O)OCCOC(=O)NCCCCCCCNC(=O)OCC1CCCCN1C(=O)NCCCCCCNC(=O)OCCOC(=O)C(=C)C. The van der Waals surface area contributed by atoms with Gasteiger partial charge in [-0.25, -0.2) is 28.8 Å². The van der Waals surface area contributed by atoms with Crippen LogP contribution in [0.2, 0.25) is 0 Å². The molecule has 1 aliphatic rings. The third-order valence-electron chi connectivity index (χ3n) is 7.63. The summed E-state index contributed by atoms with van der Waals surface area (Å²) in [4.78, 5) is 72.6. The Morgan fingerprint density at radius 1 is 0.549 bits per heavy atom. The van der Waals surface area contributed by atoms with Crippen LogP contribution >= 0.6 is 0 Å². The largest absolute Gasteiger partial charge is 0.459 e. The van der Waals surface area contributed by atoms with Crippen molar-refractivity contribution in [3.8, 4) is 0 Å². The van der Waals surface area contributed by atoms with Gasteiger partial charge in [0.25, 0.3) is 0 Å². The lowest BCUT2D eigenvalue weighted by atomic mass is 10.0. The molecule has 0 saturated carbocycles. The molecule has 1 unspecified atom stereocenters. The van der Waals surface area contributed by atoms with E-state index in [1.54, 1.807) is 4.90 Å². The van der Waals surface area contributed by atoms with E-state index in [4.69, 9.17) is 23.7 Å². The van der Waals surface area contributed by atoms with E-state index in [1.807, 2.05) is 0 Å². The topological polar surface area (TPSA) is 200 Å². The van der Waals surface area contributed by atoms with Crippen molar-refractivity contribution in [2.24, 2.45) is 0 Å². The summed E-state index contributed by atoms with van der Waals surface area (Å²) in [7, 11) is 0. The number of urea groups is 1. The summed E-state index contributed by atoms with van der Waals surface area (Å²) in [5, 5.41) is 11.0. The highest BCUT2D eigenvalue weighted by Gasteiger charge is 2.27. The Hall–Kier alpha value is -4.50. The molecular formula is C35H59N5O11. The van der Waals surface area contributed by atoms with Gasteiger partial charge in [-0.3, -0.25) is 0 Å². The Bertz CT molecular complexity index is 1120. The van der Waals surface area contributed by atoms with Gasteiger partial charge in [-0.05, 0) is 58.8 Å². The molecule has 1 aliphatic heterocycles. The third kappa shape index (κ3) is 23.5. The first kappa shape index (κ1) is 44.5. The smallest absolute Gasteiger partial charge is 0.407 e. The van der Waals surface area contributed by atoms with E-state index in [1.165, 1.54) is 13.8 Å². The summed E-state index contributed by atoms with van der Waals surface area (Å²) >= 11 is 0. The first-order chi connectivity index (χ1) is 24.5. The number of likely N-dealkylation sites (tertiary alicyclic amines) is 1. The van der Waals surface area contributed by atoms with Crippen molar-refractivity contribution in [1.29, 1.82) is 0 Å². The fraction of sp³-hybridized carbons (Fsp3) is 0.714. The molecule has 1 saturated heterocycles. The monoisotopic (exact) mass is 725 g/mol. The highest BCUT2D eigenvalue weighted by Crippen LogP contribution is 2.17. The second-order valence-corrected chi connectivity index (χ2v) is 12.2. The number of esters is 2. The van der Waals surface area contributed by atoms with Gasteiger partial charge in [0.05, 0.1) is 6.04 Å². The van der Waals surface area contributed by atoms with Gasteiger partial charge in [0.15, 0.2) is 0 Å². The van der Waals surface area contributed by atoms with Crippen LogP contribution in [-0.4, -0.2) is 113 Å². The summed E-state index contributed by atoms with van der Waals surface area (Å²) < 4.78 is 25.0. The Kier molecular flexibility index (Phi) is 24.6. The molecule has 1 rings (SSSR count). The lowest BCUT2D eigenvalue weighted by molar-refractivity contribution is -0.140. The summed E-state index contributed by atoms with van der Waals surface area (Å²) in [6.45, 7) is 12.6. The summed E-state index contributed by atoms with van der Waals surface area (Å²) in [6.07, 6.45) is 8.70. The first-order valence-electron chi connectivity index (χ1n) is 17.9. The van der Waals surface area contributed by atoms with Crippen molar-refractivity contribution in [1.82, 2.24) is 26.2 Å². The number of carbonyl (C=O) groups excluding carboxylic acids is 6. The fourth-order valence-electron chi connectivity index (χ4n) is 4.80. The zero-order chi connectivity index (χ0) is 37.7. The molecule has 1 atom stereocenters. The van der Waals surface area contributed by atoms with Crippen LogP contribution in [0.4, 0.5) is 19.2 Å². The first-order valence-corrected chi connectivity index (χ1v) is 17.9. The van der Waals surface area contributed by atoms with E-state index in [-0.39, 0.29) is 56.3 Å². The Balaban J connectivity index is 2.04. The maximum atomic E-state index is 12.8. The van der Waals surface area contributed by atoms with E-state index >= 15 is 0 Å². The maximum Gasteiger partial charge on any atom is 0.407 e. The molecule has 5 amide bonds. The van der Waals surface area contributed by atoms with Crippen LogP contribution in [0.1, 0.15) is 90.9 Å². The van der Waals surface area contributed by atoms with Crippen molar-refractivity contribution in [3.63, 3.8) is 0 Å². The number of amides is 5. The average Bonchev–Trinajstić information content (AvgIpc) is 3.11. The minimum Gasteiger partial charge on any atom is -0.459 e. The van der Waals surface area contributed by atoms with E-state index in [0.717, 1.165) is 77.0 Å². The quantitative estimate of drug-likeness (QED) is 0.0448. The van der Waals surface area contributed by atoms with E-state index in [0.29, 0.717) is 32.7 Å². The normalized spacial score (nSPS) is 13.6. The van der Waals surface area contributed by atoms with Crippen molar-refractivity contribution < 1.29 is 52.5 Å². The van der Waals surface area contributed by atoms with Crippen molar-refractivity contribution in [3.05, 3.63) is 24.3 Å². The van der Waals surface area contributed by atoms with Gasteiger partial charge in [-0.2, -0.15) is 0 Å². The highest BCUT2D eigenvalue weighted by molar-refractivity contribution is 5.87. The second-order valence-electron chi connectivity index (χ2n) is 12.2. The lowest BCUT2D eigenvalue weighted by Gasteiger charge is -2.35. The number of unbranched alkanes of at least 4 members (excludes halogenated alkanes) is 7. The van der Waals surface area contributed by atoms with Crippen LogP contribution in [0.15, 0.2) is 24.3 Å². The van der Waals surface area contributed by atoms with Gasteiger partial charge in [-0.15, -0.1) is 0 Å². The minimum atomic E-state index is -0.568. The zero-order valence-corrected chi connectivity index (χ0v) is 30.5. The number of nitrogens with one attached hydrogen (secondary N) is 4. The Morgan fingerprint density at radius 3 is 1.39 bits per heavy atom. The number of hydrogen-bond acceptors (Lipinski definition) is 11. The van der Waals surface area contributed by atoms with Crippen molar-refractivity contribution >= 4 is 36.2 Å². The zero-order valence-electron chi connectivity index (χ0n) is 30.5. The van der Waals surface area contributed by atoms with E-state index in [2.05, 4.69) is 34.4 Å². The molecule has 0 aromatic rings. The molecule has 0 bridgehead atoms. The van der Waals surface area contributed by atoms with Gasteiger partial charge in [0.2, 0.25) is 0 Å². The Morgan fingerprint density at radius 2 is 0.941 bits per heavy atom. The van der Waals surface area contributed by atoms with Crippen LogP contribution in [0, 0.1) is 0 Å². The number of alkyl carbamates (subject to hydrolysis) is 3. The molecule has 290 valence electrons. The van der Waals surface area contributed by atoms with E-state index in [9.17, 15) is 28.8 Å². The van der Waals surface area contributed by atoms with Crippen LogP contribution < -0.4 is 21.3 Å². The molecule has 1 heterocycles. The standard InChI is InChI=1S/C35H59N5O11/c1-27(2)30(41)47-22-24-49-33(44)37-18-12-6-5-7-13-20-39-35(46)51-26-29-16-10-15-21-40(29)32(43)36-17-11-8-9-14-19-38-34(45)50-25-23-48-31(42)28(3)4/h29H,1,3,5-26H2,2,4H3,(H,36,43)(H,37,44)(H,38,45)(H,39,46). The summed E-state index contributed by atoms with van der Waals surface area (Å²) in [5.41, 5.74) is 0.566. The summed E-state index contributed by atoms with van der Waals surface area (Å²) in [5.74, 6) is -1.05. The van der Waals surface area contributed by atoms with Gasteiger partial charge in [0, 0.05) is 43.9 Å². The van der Waals surface area contributed by atoms with Crippen LogP contribution in [-0.2, 0) is 33.3 Å². The molecule has 0 aromatic carbocycles. The molecule has 0 aromatic heterocycles. The molecule has 1 fully saturated rings. The predicted octanol–water partition coefficient (Wildman–Crippen LogP) is 4.48. The van der Waals surface area contributed by atoms with Gasteiger partial charge < -0.3 is 49.9 Å². The highest BCUT2D eigenvalue weighted by atomic mass is 16.6. The molecular weight excluding hydrogens is 666 g/mol. The minimum absolute atomic E-state index is 0.0222. The van der Waals surface area contributed by atoms with Crippen molar-refractivity contribution in [2.75, 3.05) is 65.8 Å². The average molecular weight is 726 g/mol. The number of carbonyl (C=O) groups is 6. The molecule has 16 nitrogen and oxygen atoms in total. The number of rotatable bonds is 25. The number of nitrogens with zero attached hydrogens (tertiary/aromatic N) is 1. The maximum absolute atomic E-state index is 12.8. The van der Waals surface area contributed by atoms with Gasteiger partial charge >= 0.3 is 36.2 Å². The van der Waals surface area contributed by atoms with Gasteiger partial charge in [0.1, 0.15) is 33.0 Å². The van der Waals surface area contributed by atoms with Crippen LogP contribution in [0.3, 0.4) is 0 Å². The molecule has 0 radical (unpaired) electrons. The second kappa shape index (κ2) is 28.2. The van der Waals surface area contributed by atoms with Crippen LogP contribution in [0.25, 0.3) is 0 Å². The fourth-order valence-corrected chi connectivity index (χ4v) is 4.80.